The molecule has 0 fully saturated rings. The molecular formula is C23H25F6NO. The molecule has 2 aromatic rings. The molecule has 1 aromatic heterocycles. The average molecular weight is 445 g/mol. The third-order valence-electron chi connectivity index (χ3n) is 5.17. The van der Waals surface area contributed by atoms with Gasteiger partial charge in [0.1, 0.15) is 5.78 Å². The summed E-state index contributed by atoms with van der Waals surface area (Å²) in [5.74, 6) is -1.26. The van der Waals surface area contributed by atoms with Crippen LogP contribution in [0.1, 0.15) is 74.3 Å². The summed E-state index contributed by atoms with van der Waals surface area (Å²) >= 11 is 0. The standard InChI is InChI=1S/C23H25F6NO/c1-3-4-6-15(2)13-18(31)14-19(16-8-10-17(11-9-16)22(24,25)26)21-20(23(27,28)29)7-5-12-30-21/h5,7-12,15,19H,3-4,6,13-14H2,1-2H3/t15-,19-/m0/s1. The molecule has 0 amide bonds. The molecule has 0 aliphatic carbocycles. The van der Waals surface area contributed by atoms with Crippen LogP contribution >= 0.6 is 0 Å². The Labute approximate surface area is 177 Å². The zero-order valence-electron chi connectivity index (χ0n) is 17.4. The SMILES string of the molecule is CCCC[C@H](C)CC(=O)C[C@@H](c1ccc(C(F)(F)F)cc1)c1ncccc1C(F)(F)F. The van der Waals surface area contributed by atoms with Gasteiger partial charge < -0.3 is 0 Å². The second kappa shape index (κ2) is 10.3. The Bertz CT molecular complexity index is 858. The van der Waals surface area contributed by atoms with Crippen molar-refractivity contribution in [2.45, 2.75) is 64.2 Å². The molecule has 2 nitrogen and oxygen atoms in total. The molecule has 2 rings (SSSR count). The number of aromatic nitrogens is 1. The predicted molar refractivity (Wildman–Crippen MR) is 105 cm³/mol. The van der Waals surface area contributed by atoms with Crippen molar-refractivity contribution in [3.63, 3.8) is 0 Å². The molecule has 0 unspecified atom stereocenters. The van der Waals surface area contributed by atoms with Crippen molar-refractivity contribution in [1.82, 2.24) is 4.98 Å². The van der Waals surface area contributed by atoms with Crippen LogP contribution in [0.2, 0.25) is 0 Å². The van der Waals surface area contributed by atoms with Crippen LogP contribution in [0.15, 0.2) is 42.6 Å². The lowest BCUT2D eigenvalue weighted by molar-refractivity contribution is -0.139. The molecule has 0 saturated carbocycles. The van der Waals surface area contributed by atoms with Crippen molar-refractivity contribution in [2.24, 2.45) is 5.92 Å². The number of halogens is 6. The fourth-order valence-corrected chi connectivity index (χ4v) is 3.57. The Kier molecular flexibility index (Phi) is 8.26. The van der Waals surface area contributed by atoms with Crippen LogP contribution in [0.5, 0.6) is 0 Å². The lowest BCUT2D eigenvalue weighted by Crippen LogP contribution is -2.18. The highest BCUT2D eigenvalue weighted by Gasteiger charge is 2.37. The number of hydrogen-bond donors (Lipinski definition) is 0. The van der Waals surface area contributed by atoms with E-state index in [2.05, 4.69) is 4.98 Å². The van der Waals surface area contributed by atoms with E-state index in [1.807, 2.05) is 13.8 Å². The van der Waals surface area contributed by atoms with E-state index in [1.54, 1.807) is 0 Å². The molecule has 1 aromatic carbocycles. The van der Waals surface area contributed by atoms with Crippen LogP contribution < -0.4 is 0 Å². The lowest BCUT2D eigenvalue weighted by Gasteiger charge is -2.22. The fraction of sp³-hybridized carbons (Fsp3) is 0.478. The lowest BCUT2D eigenvalue weighted by atomic mass is 9.85. The third kappa shape index (κ3) is 7.08. The first-order chi connectivity index (χ1) is 14.4. The minimum absolute atomic E-state index is 0.0755. The van der Waals surface area contributed by atoms with Gasteiger partial charge in [-0.1, -0.05) is 45.2 Å². The summed E-state index contributed by atoms with van der Waals surface area (Å²) in [6.45, 7) is 3.93. The zero-order valence-corrected chi connectivity index (χ0v) is 17.4. The fourth-order valence-electron chi connectivity index (χ4n) is 3.57. The van der Waals surface area contributed by atoms with E-state index in [9.17, 15) is 31.1 Å². The van der Waals surface area contributed by atoms with Gasteiger partial charge in [-0.3, -0.25) is 9.78 Å². The number of unbranched alkanes of at least 4 members (excludes halogenated alkanes) is 1. The maximum atomic E-state index is 13.6. The van der Waals surface area contributed by atoms with Crippen molar-refractivity contribution >= 4 is 5.78 Å². The van der Waals surface area contributed by atoms with Gasteiger partial charge in [-0.2, -0.15) is 26.3 Å². The molecule has 2 atom stereocenters. The van der Waals surface area contributed by atoms with E-state index in [4.69, 9.17) is 0 Å². The van der Waals surface area contributed by atoms with E-state index >= 15 is 0 Å². The van der Waals surface area contributed by atoms with E-state index in [0.717, 1.165) is 55.7 Å². The number of hydrogen-bond acceptors (Lipinski definition) is 2. The van der Waals surface area contributed by atoms with Crippen LogP contribution in [0.4, 0.5) is 26.3 Å². The number of Topliss-reactive ketones (excluding diaryl/α,β-unsaturated/α-hetero) is 1. The summed E-state index contributed by atoms with van der Waals surface area (Å²) in [7, 11) is 0. The van der Waals surface area contributed by atoms with Gasteiger partial charge in [-0.05, 0) is 35.7 Å². The zero-order chi connectivity index (χ0) is 23.2. The molecule has 0 aliphatic heterocycles. The van der Waals surface area contributed by atoms with E-state index in [-0.39, 0.29) is 35.8 Å². The summed E-state index contributed by atoms with van der Waals surface area (Å²) in [6, 6.07) is 5.88. The molecule has 1 heterocycles. The van der Waals surface area contributed by atoms with Crippen molar-refractivity contribution in [2.75, 3.05) is 0 Å². The summed E-state index contributed by atoms with van der Waals surface area (Å²) in [5.41, 5.74) is -2.07. The maximum Gasteiger partial charge on any atom is 0.418 e. The van der Waals surface area contributed by atoms with Crippen LogP contribution in [-0.4, -0.2) is 10.8 Å². The molecule has 0 bridgehead atoms. The van der Waals surface area contributed by atoms with Crippen LogP contribution in [0.3, 0.4) is 0 Å². The number of alkyl halides is 6. The van der Waals surface area contributed by atoms with Crippen LogP contribution in [0.25, 0.3) is 0 Å². The Morgan fingerprint density at radius 3 is 2.16 bits per heavy atom. The highest BCUT2D eigenvalue weighted by molar-refractivity contribution is 5.80. The van der Waals surface area contributed by atoms with E-state index < -0.39 is 29.4 Å². The third-order valence-corrected chi connectivity index (χ3v) is 5.17. The number of pyridine rings is 1. The van der Waals surface area contributed by atoms with Gasteiger partial charge in [0.15, 0.2) is 0 Å². The van der Waals surface area contributed by atoms with E-state index in [0.29, 0.717) is 0 Å². The van der Waals surface area contributed by atoms with Gasteiger partial charge in [0, 0.05) is 25.0 Å². The Balaban J connectivity index is 2.41. The molecule has 0 aliphatic rings. The van der Waals surface area contributed by atoms with Gasteiger partial charge in [0.2, 0.25) is 0 Å². The minimum atomic E-state index is -4.70. The Morgan fingerprint density at radius 1 is 0.968 bits per heavy atom. The number of carbonyl (C=O) groups is 1. The monoisotopic (exact) mass is 445 g/mol. The van der Waals surface area contributed by atoms with Gasteiger partial charge in [-0.25, -0.2) is 0 Å². The smallest absolute Gasteiger partial charge is 0.300 e. The number of carbonyl (C=O) groups excluding carboxylic acids is 1. The topological polar surface area (TPSA) is 30.0 Å². The highest BCUT2D eigenvalue weighted by Crippen LogP contribution is 2.39. The number of ketones is 1. The molecule has 0 N–H and O–H groups in total. The number of nitrogens with zero attached hydrogens (tertiary/aromatic N) is 1. The van der Waals surface area contributed by atoms with Gasteiger partial charge >= 0.3 is 12.4 Å². The second-order valence-corrected chi connectivity index (χ2v) is 7.80. The molecular weight excluding hydrogens is 420 g/mol. The highest BCUT2D eigenvalue weighted by atomic mass is 19.4. The molecule has 170 valence electrons. The first-order valence-electron chi connectivity index (χ1n) is 10.1. The van der Waals surface area contributed by atoms with Crippen LogP contribution in [0, 0.1) is 5.92 Å². The predicted octanol–water partition coefficient (Wildman–Crippen LogP) is 7.43. The maximum absolute atomic E-state index is 13.6. The molecule has 0 radical (unpaired) electrons. The quantitative estimate of drug-likeness (QED) is 0.376. The molecule has 8 heteroatoms. The van der Waals surface area contributed by atoms with Crippen molar-refractivity contribution in [1.29, 1.82) is 0 Å². The van der Waals surface area contributed by atoms with Crippen LogP contribution in [-0.2, 0) is 17.1 Å². The minimum Gasteiger partial charge on any atom is -0.300 e. The number of benzene rings is 1. The van der Waals surface area contributed by atoms with E-state index in [1.165, 1.54) is 6.20 Å². The van der Waals surface area contributed by atoms with Gasteiger partial charge in [0.25, 0.3) is 0 Å². The summed E-state index contributed by atoms with van der Waals surface area (Å²) < 4.78 is 79.4. The van der Waals surface area contributed by atoms with Crippen molar-refractivity contribution < 1.29 is 31.1 Å². The summed E-state index contributed by atoms with van der Waals surface area (Å²) in [5, 5.41) is 0. The number of rotatable bonds is 9. The van der Waals surface area contributed by atoms with Gasteiger partial charge in [0.05, 0.1) is 16.8 Å². The second-order valence-electron chi connectivity index (χ2n) is 7.80. The average Bonchev–Trinajstić information content (AvgIpc) is 2.69. The Morgan fingerprint density at radius 2 is 1.61 bits per heavy atom. The van der Waals surface area contributed by atoms with Crippen molar-refractivity contribution in [3.8, 4) is 0 Å². The normalized spacial score (nSPS) is 14.3. The summed E-state index contributed by atoms with van der Waals surface area (Å²) in [6.07, 6.45) is -5.41. The van der Waals surface area contributed by atoms with Gasteiger partial charge in [-0.15, -0.1) is 0 Å². The first-order valence-corrected chi connectivity index (χ1v) is 10.1. The molecule has 31 heavy (non-hydrogen) atoms. The summed E-state index contributed by atoms with van der Waals surface area (Å²) in [4.78, 5) is 16.6. The molecule has 0 spiro atoms. The van der Waals surface area contributed by atoms with Crippen molar-refractivity contribution in [3.05, 3.63) is 65.0 Å². The molecule has 0 saturated heterocycles. The Hall–Kier alpha value is -2.38. The largest absolute Gasteiger partial charge is 0.418 e. The first kappa shape index (κ1) is 24.9.